The molecule has 20 heavy (non-hydrogen) atoms. The first-order valence-corrected chi connectivity index (χ1v) is 8.47. The molecule has 15 heteroatoms. The minimum atomic E-state index is -4.64. The van der Waals surface area contributed by atoms with Crippen LogP contribution in [0.15, 0.2) is 0 Å². The van der Waals surface area contributed by atoms with E-state index in [0.717, 1.165) is 0 Å². The van der Waals surface area contributed by atoms with Crippen molar-refractivity contribution in [2.24, 2.45) is 5.41 Å². The van der Waals surface area contributed by atoms with Crippen LogP contribution >= 0.6 is 25.0 Å². The maximum atomic E-state index is 8.97. The molecule has 0 unspecified atom stereocenters. The standard InChI is InChI=1S/C5H14O8P2.H3O4P/c6-1-5(2-7,3-12-14(8)9)4-13-15(10)11;1-5(2,3)4/h6-11H,1-4H2;(H3,1,2,3,4). The van der Waals surface area contributed by atoms with E-state index >= 15 is 0 Å². The van der Waals surface area contributed by atoms with E-state index in [9.17, 15) is 0 Å². The van der Waals surface area contributed by atoms with E-state index in [2.05, 4.69) is 9.05 Å². The summed E-state index contributed by atoms with van der Waals surface area (Å²) in [5, 5.41) is 17.9. The van der Waals surface area contributed by atoms with E-state index in [1.165, 1.54) is 0 Å². The van der Waals surface area contributed by atoms with Gasteiger partial charge in [0.2, 0.25) is 0 Å². The van der Waals surface area contributed by atoms with Crippen LogP contribution in [0.25, 0.3) is 0 Å². The van der Waals surface area contributed by atoms with Crippen LogP contribution in [0.2, 0.25) is 0 Å². The molecule has 9 N–H and O–H groups in total. The van der Waals surface area contributed by atoms with Gasteiger partial charge in [-0.15, -0.1) is 0 Å². The fourth-order valence-corrected chi connectivity index (χ4v) is 1.44. The predicted molar refractivity (Wildman–Crippen MR) is 65.5 cm³/mol. The van der Waals surface area contributed by atoms with Crippen LogP contribution < -0.4 is 0 Å². The van der Waals surface area contributed by atoms with E-state index in [4.69, 9.17) is 49.0 Å². The summed E-state index contributed by atoms with van der Waals surface area (Å²) >= 11 is 0. The van der Waals surface area contributed by atoms with E-state index in [1.807, 2.05) is 0 Å². The van der Waals surface area contributed by atoms with Crippen molar-refractivity contribution in [1.29, 1.82) is 0 Å². The predicted octanol–water partition coefficient (Wildman–Crippen LogP) is -2.52. The topological polar surface area (TPSA) is 218 Å². The second-order valence-electron chi connectivity index (χ2n) is 3.38. The molecular formula is C5H17O12P3. The zero-order chi connectivity index (χ0) is 16.4. The summed E-state index contributed by atoms with van der Waals surface area (Å²) in [5.41, 5.74) is -1.29. The Labute approximate surface area is 116 Å². The van der Waals surface area contributed by atoms with E-state index in [0.29, 0.717) is 0 Å². The van der Waals surface area contributed by atoms with Crippen molar-refractivity contribution in [3.8, 4) is 0 Å². The molecule has 0 atom stereocenters. The van der Waals surface area contributed by atoms with Crippen LogP contribution in [0.5, 0.6) is 0 Å². The highest BCUT2D eigenvalue weighted by Gasteiger charge is 2.32. The van der Waals surface area contributed by atoms with Crippen molar-refractivity contribution in [3.05, 3.63) is 0 Å². The first-order chi connectivity index (χ1) is 8.95. The molecule has 0 aromatic heterocycles. The largest absolute Gasteiger partial charge is 0.466 e. The van der Waals surface area contributed by atoms with E-state index < -0.39 is 43.7 Å². The van der Waals surface area contributed by atoms with Crippen LogP contribution in [0.1, 0.15) is 0 Å². The Morgan fingerprint density at radius 3 is 1.25 bits per heavy atom. The Bertz CT molecular complexity index is 252. The van der Waals surface area contributed by atoms with Gasteiger partial charge >= 0.3 is 25.0 Å². The van der Waals surface area contributed by atoms with E-state index in [-0.39, 0.29) is 13.2 Å². The van der Waals surface area contributed by atoms with Crippen molar-refractivity contribution in [2.45, 2.75) is 0 Å². The molecule has 0 aromatic carbocycles. The van der Waals surface area contributed by atoms with Gasteiger partial charge < -0.3 is 53.5 Å². The number of phosphoric acid groups is 1. The van der Waals surface area contributed by atoms with Gasteiger partial charge in [-0.1, -0.05) is 0 Å². The third kappa shape index (κ3) is 16.7. The number of hydrogen-bond acceptors (Lipinski definition) is 9. The fraction of sp³-hybridized carbons (Fsp3) is 1.00. The van der Waals surface area contributed by atoms with Gasteiger partial charge in [0.15, 0.2) is 0 Å². The van der Waals surface area contributed by atoms with Crippen molar-refractivity contribution in [2.75, 3.05) is 26.4 Å². The third-order valence-corrected chi connectivity index (χ3v) is 2.36. The van der Waals surface area contributed by atoms with Crippen LogP contribution in [0.3, 0.4) is 0 Å². The van der Waals surface area contributed by atoms with Crippen LogP contribution in [0, 0.1) is 5.41 Å². The normalized spacial score (nSPS) is 12.6. The molecule has 0 rings (SSSR count). The second kappa shape index (κ2) is 11.2. The number of hydrogen-bond donors (Lipinski definition) is 9. The lowest BCUT2D eigenvalue weighted by molar-refractivity contribution is -0.0232. The van der Waals surface area contributed by atoms with Gasteiger partial charge in [0.05, 0.1) is 31.8 Å². The zero-order valence-electron chi connectivity index (χ0n) is 9.92. The molecule has 0 aromatic rings. The number of rotatable bonds is 8. The van der Waals surface area contributed by atoms with Gasteiger partial charge in [-0.3, -0.25) is 0 Å². The summed E-state index contributed by atoms with van der Waals surface area (Å²) in [6, 6.07) is 0. The molecule has 0 saturated carbocycles. The summed E-state index contributed by atoms with van der Waals surface area (Å²) in [5.74, 6) is 0. The van der Waals surface area contributed by atoms with Gasteiger partial charge in [-0.2, -0.15) is 0 Å². The van der Waals surface area contributed by atoms with Crippen molar-refractivity contribution in [1.82, 2.24) is 0 Å². The second-order valence-corrected chi connectivity index (χ2v) is 5.94. The van der Waals surface area contributed by atoms with Gasteiger partial charge in [-0.05, 0) is 0 Å². The lowest BCUT2D eigenvalue weighted by Gasteiger charge is -2.28. The monoisotopic (exact) mass is 362 g/mol. The highest BCUT2D eigenvalue weighted by atomic mass is 31.2. The molecule has 0 radical (unpaired) electrons. The Morgan fingerprint density at radius 1 is 0.850 bits per heavy atom. The minimum Gasteiger partial charge on any atom is -0.396 e. The number of aliphatic hydroxyl groups is 2. The molecule has 0 aliphatic rings. The smallest absolute Gasteiger partial charge is 0.396 e. The third-order valence-electron chi connectivity index (χ3n) is 1.64. The summed E-state index contributed by atoms with van der Waals surface area (Å²) < 4.78 is 17.8. The van der Waals surface area contributed by atoms with Gasteiger partial charge in [-0.25, -0.2) is 4.57 Å². The average Bonchev–Trinajstić information content (AvgIpc) is 2.27. The molecule has 0 saturated heterocycles. The van der Waals surface area contributed by atoms with E-state index in [1.54, 1.807) is 0 Å². The summed E-state index contributed by atoms with van der Waals surface area (Å²) in [6.45, 7) is -1.87. The lowest BCUT2D eigenvalue weighted by atomic mass is 9.93. The highest BCUT2D eigenvalue weighted by molar-refractivity contribution is 7.45. The minimum absolute atomic E-state index is 0.373. The molecule has 0 heterocycles. The molecule has 12 nitrogen and oxygen atoms in total. The Balaban J connectivity index is 0. The van der Waals surface area contributed by atoms with Crippen molar-refractivity contribution < 1.29 is 58.1 Å². The first kappa shape index (κ1) is 22.9. The van der Waals surface area contributed by atoms with Crippen LogP contribution in [-0.2, 0) is 13.6 Å². The summed E-state index contributed by atoms with van der Waals surface area (Å²) in [4.78, 5) is 55.5. The molecule has 0 aliphatic heterocycles. The SMILES string of the molecule is O=P(O)(O)O.OCC(CO)(COP(O)O)COP(O)O. The summed E-state index contributed by atoms with van der Waals surface area (Å²) in [6.07, 6.45) is 0. The maximum Gasteiger partial charge on any atom is 0.466 e. The molecular weight excluding hydrogens is 345 g/mol. The zero-order valence-corrected chi connectivity index (χ0v) is 12.6. The van der Waals surface area contributed by atoms with Crippen molar-refractivity contribution >= 4 is 25.0 Å². The molecule has 124 valence electrons. The molecule has 0 fully saturated rings. The lowest BCUT2D eigenvalue weighted by Crippen LogP contribution is -2.38. The first-order valence-electron chi connectivity index (χ1n) is 4.57. The van der Waals surface area contributed by atoms with Gasteiger partial charge in [0.1, 0.15) is 0 Å². The Hall–Kier alpha value is 0.650. The summed E-state index contributed by atoms with van der Waals surface area (Å²) in [7, 11) is -9.84. The quantitative estimate of drug-likeness (QED) is 0.204. The Morgan fingerprint density at radius 2 is 1.10 bits per heavy atom. The van der Waals surface area contributed by atoms with Crippen molar-refractivity contribution in [3.63, 3.8) is 0 Å². The fourth-order valence-electron chi connectivity index (χ4n) is 0.664. The van der Waals surface area contributed by atoms with Gasteiger partial charge in [0.25, 0.3) is 0 Å². The molecule has 0 amide bonds. The molecule has 0 bridgehead atoms. The Kier molecular flexibility index (Phi) is 12.9. The van der Waals surface area contributed by atoms with Crippen LogP contribution in [-0.4, -0.2) is 70.9 Å². The molecule has 0 aliphatic carbocycles. The van der Waals surface area contributed by atoms with Crippen LogP contribution in [0.4, 0.5) is 0 Å². The highest BCUT2D eigenvalue weighted by Crippen LogP contribution is 2.33. The maximum absolute atomic E-state index is 8.97. The average molecular weight is 362 g/mol. The molecule has 0 spiro atoms. The van der Waals surface area contributed by atoms with Gasteiger partial charge in [0, 0.05) is 0 Å². The number of aliphatic hydroxyl groups excluding tert-OH is 2.